The molecule has 5 aliphatic rings. The summed E-state index contributed by atoms with van der Waals surface area (Å²) in [5.41, 5.74) is -4.85. The molecule has 1 aromatic rings. The molecule has 5 fully saturated rings. The van der Waals surface area contributed by atoms with Gasteiger partial charge < -0.3 is 0 Å². The van der Waals surface area contributed by atoms with Gasteiger partial charge in [-0.25, -0.2) is 14.2 Å². The van der Waals surface area contributed by atoms with Crippen LogP contribution in [0.3, 0.4) is 0 Å². The second-order valence-corrected chi connectivity index (χ2v) is 10.4. The predicted molar refractivity (Wildman–Crippen MR) is 103 cm³/mol. The number of amides is 1. The first-order valence-corrected chi connectivity index (χ1v) is 11.1. The van der Waals surface area contributed by atoms with Gasteiger partial charge in [-0.2, -0.15) is 22.7 Å². The summed E-state index contributed by atoms with van der Waals surface area (Å²) in [4.78, 5) is 12.2. The van der Waals surface area contributed by atoms with Crippen molar-refractivity contribution >= 4 is 23.7 Å². The minimum absolute atomic E-state index is 0.134. The second kappa shape index (κ2) is 6.02. The molecule has 4 bridgehead atoms. The van der Waals surface area contributed by atoms with E-state index in [1.54, 1.807) is 12.1 Å². The fourth-order valence-electron chi connectivity index (χ4n) is 7.99. The minimum atomic E-state index is -5.00. The first-order chi connectivity index (χ1) is 15.0. The highest BCUT2D eigenvalue weighted by Crippen LogP contribution is 2.85. The summed E-state index contributed by atoms with van der Waals surface area (Å²) >= 11 is 5.79. The Morgan fingerprint density at radius 3 is 2.16 bits per heavy atom. The van der Waals surface area contributed by atoms with Crippen molar-refractivity contribution in [3.8, 4) is 0 Å². The molecule has 10 heteroatoms. The van der Waals surface area contributed by atoms with Crippen molar-refractivity contribution in [1.29, 1.82) is 0 Å². The van der Waals surface area contributed by atoms with Crippen molar-refractivity contribution in [2.45, 2.75) is 42.4 Å². The third kappa shape index (κ3) is 2.00. The Bertz CT molecular complexity index is 1030. The van der Waals surface area contributed by atoms with E-state index in [1.165, 1.54) is 18.3 Å². The summed E-state index contributed by atoms with van der Waals surface area (Å²) in [5, 5.41) is 4.46. The van der Waals surface area contributed by atoms with Gasteiger partial charge in [0.05, 0.1) is 0 Å². The number of hydrazone groups is 1. The van der Waals surface area contributed by atoms with Crippen LogP contribution in [0.15, 0.2) is 29.4 Å². The van der Waals surface area contributed by atoms with Gasteiger partial charge in [0.15, 0.2) is 0 Å². The van der Waals surface area contributed by atoms with Gasteiger partial charge in [0, 0.05) is 28.6 Å². The van der Waals surface area contributed by atoms with E-state index in [1.807, 2.05) is 0 Å². The van der Waals surface area contributed by atoms with E-state index in [2.05, 4.69) is 10.5 Å². The zero-order valence-corrected chi connectivity index (χ0v) is 17.3. The number of carbonyl (C=O) groups is 1. The monoisotopic (exact) mass is 476 g/mol. The number of nitrogens with one attached hydrogen (secondary N) is 1. The average molecular weight is 477 g/mol. The molecule has 1 amide bonds. The van der Waals surface area contributed by atoms with Crippen LogP contribution in [-0.2, 0) is 0 Å². The van der Waals surface area contributed by atoms with Crippen LogP contribution in [0.25, 0.3) is 0 Å². The molecule has 5 saturated carbocycles. The van der Waals surface area contributed by atoms with Crippen molar-refractivity contribution in [3.63, 3.8) is 0 Å². The Morgan fingerprint density at radius 1 is 0.938 bits per heavy atom. The molecule has 0 aliphatic heterocycles. The molecule has 0 spiro atoms. The molecular weight excluding hydrogens is 458 g/mol. The first-order valence-electron chi connectivity index (χ1n) is 10.7. The van der Waals surface area contributed by atoms with Crippen LogP contribution in [0.1, 0.15) is 29.6 Å². The van der Waals surface area contributed by atoms with Crippen molar-refractivity contribution in [3.05, 3.63) is 34.9 Å². The zero-order chi connectivity index (χ0) is 22.8. The van der Waals surface area contributed by atoms with E-state index in [0.29, 0.717) is 23.4 Å². The van der Waals surface area contributed by atoms with E-state index in [-0.39, 0.29) is 24.2 Å². The van der Waals surface area contributed by atoms with Gasteiger partial charge >= 0.3 is 11.8 Å². The number of carbonyl (C=O) groups excluding carboxylic acids is 1. The van der Waals surface area contributed by atoms with Gasteiger partial charge in [0.1, 0.15) is 0 Å². The number of fused-ring (bicyclic) bond motifs is 12. The molecule has 0 heterocycles. The lowest BCUT2D eigenvalue weighted by molar-refractivity contribution is -0.456. The molecular formula is C22H19ClF6N2O. The maximum absolute atomic E-state index is 15.4. The molecule has 3 nitrogen and oxygen atoms in total. The van der Waals surface area contributed by atoms with E-state index in [4.69, 9.17) is 11.6 Å². The zero-order valence-electron chi connectivity index (χ0n) is 16.6. The van der Waals surface area contributed by atoms with Gasteiger partial charge in [-0.1, -0.05) is 11.6 Å². The third-order valence-electron chi connectivity index (χ3n) is 9.02. The minimum Gasteiger partial charge on any atom is -0.267 e. The second-order valence-electron chi connectivity index (χ2n) is 9.96. The largest absolute Gasteiger partial charge is 0.350 e. The summed E-state index contributed by atoms with van der Waals surface area (Å²) < 4.78 is 87.3. The summed E-state index contributed by atoms with van der Waals surface area (Å²) in [6.07, 6.45) is 2.33. The molecule has 32 heavy (non-hydrogen) atoms. The quantitative estimate of drug-likeness (QED) is 0.274. The van der Waals surface area contributed by atoms with Crippen LogP contribution in [0.5, 0.6) is 0 Å². The first kappa shape index (κ1) is 20.8. The van der Waals surface area contributed by atoms with Gasteiger partial charge in [0.25, 0.3) is 5.91 Å². The maximum Gasteiger partial charge on any atom is 0.350 e. The summed E-state index contributed by atoms with van der Waals surface area (Å²) in [5.74, 6) is -14.9. The number of nitrogens with zero attached hydrogens (tertiary/aromatic N) is 1. The highest BCUT2D eigenvalue weighted by molar-refractivity contribution is 6.30. The van der Waals surface area contributed by atoms with Gasteiger partial charge in [-0.15, -0.1) is 0 Å². The molecule has 1 aromatic carbocycles. The van der Waals surface area contributed by atoms with Crippen LogP contribution >= 0.6 is 11.6 Å². The molecule has 6 rings (SSSR count). The Kier molecular flexibility index (Phi) is 3.91. The van der Waals surface area contributed by atoms with E-state index in [9.17, 15) is 22.4 Å². The number of alkyl halides is 6. The normalized spacial score (nSPS) is 48.5. The topological polar surface area (TPSA) is 41.5 Å². The van der Waals surface area contributed by atoms with Crippen LogP contribution in [0.2, 0.25) is 5.02 Å². The lowest BCUT2D eigenvalue weighted by Crippen LogP contribution is -2.89. The van der Waals surface area contributed by atoms with Crippen molar-refractivity contribution in [1.82, 2.24) is 5.43 Å². The third-order valence-corrected chi connectivity index (χ3v) is 9.27. The van der Waals surface area contributed by atoms with Crippen molar-refractivity contribution < 1.29 is 31.1 Å². The number of hydrogen-bond acceptors (Lipinski definition) is 2. The lowest BCUT2D eigenvalue weighted by Gasteiger charge is -2.63. The van der Waals surface area contributed by atoms with Crippen LogP contribution in [0, 0.1) is 41.4 Å². The van der Waals surface area contributed by atoms with E-state index in [0.717, 1.165) is 0 Å². The number of halogens is 7. The Hall–Kier alpha value is -1.77. The molecule has 172 valence electrons. The number of benzene rings is 1. The lowest BCUT2D eigenvalue weighted by atomic mass is 9.48. The molecule has 9 atom stereocenters. The molecule has 5 aliphatic carbocycles. The fourth-order valence-corrected chi connectivity index (χ4v) is 8.12. The predicted octanol–water partition coefficient (Wildman–Crippen LogP) is 5.29. The Labute approximate surface area is 184 Å². The van der Waals surface area contributed by atoms with Crippen LogP contribution in [0.4, 0.5) is 26.3 Å². The van der Waals surface area contributed by atoms with Gasteiger partial charge in [0.2, 0.25) is 11.3 Å². The van der Waals surface area contributed by atoms with E-state index < -0.39 is 52.8 Å². The SMILES string of the molecule is O=C(N/N=C\[C@@H]1C[C@H]2C[C@H]1[C@@H]1[C@@H]2[C@H]2C[C@H]1[C@]1(F)C(F)(F)C(F)(F)[C@]21F)c1ccc(Cl)cc1. The number of hydrogen-bond donors (Lipinski definition) is 1. The molecule has 0 unspecified atom stereocenters. The molecule has 1 N–H and O–H groups in total. The highest BCUT2D eigenvalue weighted by Gasteiger charge is 3.05. The van der Waals surface area contributed by atoms with E-state index >= 15 is 8.78 Å². The summed E-state index contributed by atoms with van der Waals surface area (Å²) in [6.45, 7) is 0. The van der Waals surface area contributed by atoms with Crippen molar-refractivity contribution in [2.24, 2.45) is 46.5 Å². The average Bonchev–Trinajstić information content (AvgIpc) is 3.47. The van der Waals surface area contributed by atoms with Gasteiger partial charge in [-0.3, -0.25) is 4.79 Å². The molecule has 0 saturated heterocycles. The summed E-state index contributed by atoms with van der Waals surface area (Å²) in [6, 6.07) is 6.18. The highest BCUT2D eigenvalue weighted by atomic mass is 35.5. The van der Waals surface area contributed by atoms with Gasteiger partial charge in [-0.05, 0) is 73.1 Å². The Morgan fingerprint density at radius 2 is 1.53 bits per heavy atom. The number of rotatable bonds is 3. The Balaban J connectivity index is 1.20. The van der Waals surface area contributed by atoms with Crippen LogP contribution < -0.4 is 5.43 Å². The van der Waals surface area contributed by atoms with Crippen molar-refractivity contribution in [2.75, 3.05) is 0 Å². The fraction of sp³-hybridized carbons (Fsp3) is 0.636. The molecule has 0 radical (unpaired) electrons. The molecule has 0 aromatic heterocycles. The smallest absolute Gasteiger partial charge is 0.267 e. The maximum atomic E-state index is 15.4. The van der Waals surface area contributed by atoms with Crippen LogP contribution in [-0.4, -0.2) is 35.3 Å². The summed E-state index contributed by atoms with van der Waals surface area (Å²) in [7, 11) is 0. The standard InChI is InChI=1S/C22H19ClF6N2O/c23-12-3-1-9(2-4-12)18(32)31-30-8-11-5-10-6-13(11)17-15-7-14(16(10)17)19(24)20(15,25)22(28,29)21(19,26)27/h1-4,8,10-11,13-17H,5-7H2,(H,31,32)/b30-8-/t10-,11-,13+,14+,15+,16-,17-,19-,20+/m0/s1.